The fourth-order valence-electron chi connectivity index (χ4n) is 2.61. The van der Waals surface area contributed by atoms with Crippen LogP contribution in [-0.4, -0.2) is 17.3 Å². The van der Waals surface area contributed by atoms with Gasteiger partial charge < -0.3 is 0 Å². The van der Waals surface area contributed by atoms with Gasteiger partial charge in [0, 0.05) is 24.8 Å². The minimum atomic E-state index is -0.120. The van der Waals surface area contributed by atoms with E-state index in [1.54, 1.807) is 0 Å². The second kappa shape index (κ2) is 8.83. The van der Waals surface area contributed by atoms with Gasteiger partial charge in [0.15, 0.2) is 17.3 Å². The van der Waals surface area contributed by atoms with Crippen LogP contribution in [-0.2, 0) is 14.4 Å². The van der Waals surface area contributed by atoms with Crippen molar-refractivity contribution in [3.8, 4) is 0 Å². The monoisotopic (exact) mass is 278 g/mol. The lowest BCUT2D eigenvalue weighted by atomic mass is 9.97. The van der Waals surface area contributed by atoms with Gasteiger partial charge in [0.25, 0.3) is 0 Å². The fraction of sp³-hybridized carbons (Fsp3) is 0.706. The van der Waals surface area contributed by atoms with E-state index in [1.807, 2.05) is 0 Å². The van der Waals surface area contributed by atoms with Gasteiger partial charge in [-0.05, 0) is 19.3 Å². The van der Waals surface area contributed by atoms with Crippen molar-refractivity contribution in [1.82, 2.24) is 0 Å². The lowest BCUT2D eigenvalue weighted by molar-refractivity contribution is -0.122. The van der Waals surface area contributed by atoms with E-state index in [0.717, 1.165) is 38.5 Å². The number of Topliss-reactive ketones (excluding diaryl/α,β-unsaturated/α-hetero) is 3. The zero-order chi connectivity index (χ0) is 15.0. The van der Waals surface area contributed by atoms with Gasteiger partial charge >= 0.3 is 0 Å². The zero-order valence-electron chi connectivity index (χ0n) is 12.8. The molecule has 0 spiro atoms. The van der Waals surface area contributed by atoms with Crippen LogP contribution in [0.15, 0.2) is 11.1 Å². The smallest absolute Gasteiger partial charge is 0.167 e. The van der Waals surface area contributed by atoms with Crippen LogP contribution in [0.25, 0.3) is 0 Å². The molecule has 0 aliphatic heterocycles. The molecule has 1 aliphatic rings. The van der Waals surface area contributed by atoms with Crippen molar-refractivity contribution in [1.29, 1.82) is 0 Å². The Hall–Kier alpha value is -1.25. The summed E-state index contributed by atoms with van der Waals surface area (Å²) in [5.41, 5.74) is 0.759. The maximum atomic E-state index is 12.1. The predicted octanol–water partition coefficient (Wildman–Crippen LogP) is 3.94. The van der Waals surface area contributed by atoms with Gasteiger partial charge in [-0.3, -0.25) is 14.4 Å². The number of hydrogen-bond acceptors (Lipinski definition) is 3. The number of unbranched alkanes of at least 4 members (excludes halogenated alkanes) is 4. The summed E-state index contributed by atoms with van der Waals surface area (Å²) in [6, 6.07) is 0. The lowest BCUT2D eigenvalue weighted by Gasteiger charge is -2.05. The maximum absolute atomic E-state index is 12.1. The summed E-state index contributed by atoms with van der Waals surface area (Å²) in [5, 5.41) is 0. The Balaban J connectivity index is 2.70. The highest BCUT2D eigenvalue weighted by atomic mass is 16.2. The van der Waals surface area contributed by atoms with Crippen LogP contribution in [0.1, 0.15) is 78.1 Å². The molecule has 1 rings (SSSR count). The Morgan fingerprint density at radius 3 is 1.95 bits per heavy atom. The van der Waals surface area contributed by atoms with Gasteiger partial charge in [-0.15, -0.1) is 0 Å². The van der Waals surface area contributed by atoms with Crippen LogP contribution in [0.3, 0.4) is 0 Å². The summed E-state index contributed by atoms with van der Waals surface area (Å²) in [7, 11) is 0. The van der Waals surface area contributed by atoms with Crippen LogP contribution in [0, 0.1) is 0 Å². The molecule has 3 heteroatoms. The van der Waals surface area contributed by atoms with Gasteiger partial charge in [0.05, 0.1) is 5.57 Å². The van der Waals surface area contributed by atoms with Crippen molar-refractivity contribution in [2.75, 3.05) is 0 Å². The van der Waals surface area contributed by atoms with E-state index in [-0.39, 0.29) is 22.9 Å². The molecule has 0 aromatic rings. The molecule has 0 fully saturated rings. The molecule has 20 heavy (non-hydrogen) atoms. The topological polar surface area (TPSA) is 51.2 Å². The number of allylic oxidation sites excluding steroid dienone is 2. The second-order valence-electron chi connectivity index (χ2n) is 5.54. The minimum Gasteiger partial charge on any atom is -0.295 e. The van der Waals surface area contributed by atoms with E-state index in [0.29, 0.717) is 31.3 Å². The standard InChI is InChI=1S/C17H26O3/c1-3-5-7-9-14(18)13-11-12-16(20)17(13)15(19)10-8-6-4-2/h3-12H2,1-2H3. The molecule has 0 saturated heterocycles. The molecule has 0 heterocycles. The Morgan fingerprint density at radius 2 is 1.40 bits per heavy atom. The third-order valence-electron chi connectivity index (χ3n) is 3.81. The highest BCUT2D eigenvalue weighted by Crippen LogP contribution is 2.27. The van der Waals surface area contributed by atoms with Crippen molar-refractivity contribution in [3.05, 3.63) is 11.1 Å². The minimum absolute atomic E-state index is 0.0168. The molecule has 0 amide bonds. The van der Waals surface area contributed by atoms with E-state index in [4.69, 9.17) is 0 Å². The Kier molecular flexibility index (Phi) is 7.42. The molecule has 0 saturated carbocycles. The van der Waals surface area contributed by atoms with Gasteiger partial charge in [0.2, 0.25) is 0 Å². The molecule has 0 radical (unpaired) electrons. The van der Waals surface area contributed by atoms with Crippen molar-refractivity contribution >= 4 is 17.3 Å². The number of rotatable bonds is 10. The average Bonchev–Trinajstić information content (AvgIpc) is 2.81. The second-order valence-corrected chi connectivity index (χ2v) is 5.54. The third-order valence-corrected chi connectivity index (χ3v) is 3.81. The summed E-state index contributed by atoms with van der Waals surface area (Å²) >= 11 is 0. The Morgan fingerprint density at radius 1 is 0.850 bits per heavy atom. The number of hydrogen-bond donors (Lipinski definition) is 0. The molecule has 3 nitrogen and oxygen atoms in total. The first-order valence-corrected chi connectivity index (χ1v) is 7.94. The summed E-state index contributed by atoms with van der Waals surface area (Å²) in [4.78, 5) is 36.2. The average molecular weight is 278 g/mol. The number of carbonyl (C=O) groups is 3. The summed E-state index contributed by atoms with van der Waals surface area (Å²) in [6.45, 7) is 4.17. The SMILES string of the molecule is CCCCCC(=O)C1=C(C(=O)CCCCC)C(=O)CC1. The van der Waals surface area contributed by atoms with Crippen molar-refractivity contribution in [3.63, 3.8) is 0 Å². The van der Waals surface area contributed by atoms with Gasteiger partial charge in [0.1, 0.15) is 0 Å². The molecule has 0 unspecified atom stereocenters. The number of carbonyl (C=O) groups excluding carboxylic acids is 3. The zero-order valence-corrected chi connectivity index (χ0v) is 12.8. The first-order valence-electron chi connectivity index (χ1n) is 7.94. The third kappa shape index (κ3) is 4.69. The molecule has 0 aromatic carbocycles. The summed E-state index contributed by atoms with van der Waals surface area (Å²) < 4.78 is 0. The molecule has 0 aromatic heterocycles. The fourth-order valence-corrected chi connectivity index (χ4v) is 2.61. The molecular formula is C17H26O3. The highest BCUT2D eigenvalue weighted by molar-refractivity contribution is 6.26. The molecule has 0 atom stereocenters. The maximum Gasteiger partial charge on any atom is 0.167 e. The van der Waals surface area contributed by atoms with Crippen molar-refractivity contribution < 1.29 is 14.4 Å². The van der Waals surface area contributed by atoms with E-state index in [1.165, 1.54) is 0 Å². The normalized spacial score (nSPS) is 15.0. The van der Waals surface area contributed by atoms with Crippen LogP contribution >= 0.6 is 0 Å². The number of ketones is 3. The van der Waals surface area contributed by atoms with Crippen LogP contribution in [0.4, 0.5) is 0 Å². The van der Waals surface area contributed by atoms with E-state index in [2.05, 4.69) is 13.8 Å². The van der Waals surface area contributed by atoms with Crippen LogP contribution < -0.4 is 0 Å². The molecule has 112 valence electrons. The predicted molar refractivity (Wildman–Crippen MR) is 79.6 cm³/mol. The largest absolute Gasteiger partial charge is 0.295 e. The Labute approximate surface area is 121 Å². The van der Waals surface area contributed by atoms with Crippen LogP contribution in [0.5, 0.6) is 0 Å². The molecule has 0 N–H and O–H groups in total. The quantitative estimate of drug-likeness (QED) is 0.449. The van der Waals surface area contributed by atoms with Gasteiger partial charge in [-0.25, -0.2) is 0 Å². The first-order chi connectivity index (χ1) is 9.61. The Bertz CT molecular complexity index is 404. The summed E-state index contributed by atoms with van der Waals surface area (Å²) in [6.07, 6.45) is 7.47. The van der Waals surface area contributed by atoms with E-state index < -0.39 is 0 Å². The summed E-state index contributed by atoms with van der Waals surface area (Å²) in [5.74, 6) is -0.215. The van der Waals surface area contributed by atoms with E-state index >= 15 is 0 Å². The van der Waals surface area contributed by atoms with Gasteiger partial charge in [-0.2, -0.15) is 0 Å². The van der Waals surface area contributed by atoms with Gasteiger partial charge in [-0.1, -0.05) is 39.5 Å². The van der Waals surface area contributed by atoms with Crippen molar-refractivity contribution in [2.24, 2.45) is 0 Å². The molecule has 1 aliphatic carbocycles. The van der Waals surface area contributed by atoms with Crippen LogP contribution in [0.2, 0.25) is 0 Å². The molecular weight excluding hydrogens is 252 g/mol. The lowest BCUT2D eigenvalue weighted by Crippen LogP contribution is -2.13. The van der Waals surface area contributed by atoms with Crippen molar-refractivity contribution in [2.45, 2.75) is 78.1 Å². The first kappa shape index (κ1) is 16.8. The highest BCUT2D eigenvalue weighted by Gasteiger charge is 2.31. The van der Waals surface area contributed by atoms with E-state index in [9.17, 15) is 14.4 Å². The molecule has 0 bridgehead atoms.